The largest absolute Gasteiger partial charge is 0.435 e. The Morgan fingerprint density at radius 1 is 1.27 bits per heavy atom. The molecule has 1 heterocycles. The molecular formula is C14H16F2N4O2. The fourth-order valence-electron chi connectivity index (χ4n) is 1.72. The third kappa shape index (κ3) is 3.78. The predicted octanol–water partition coefficient (Wildman–Crippen LogP) is 2.79. The summed E-state index contributed by atoms with van der Waals surface area (Å²) in [5, 5.41) is 6.81. The highest BCUT2D eigenvalue weighted by molar-refractivity contribution is 6.03. The number of rotatable bonds is 5. The van der Waals surface area contributed by atoms with E-state index in [1.54, 1.807) is 7.05 Å². The van der Waals surface area contributed by atoms with Crippen molar-refractivity contribution in [2.45, 2.75) is 26.4 Å². The van der Waals surface area contributed by atoms with Gasteiger partial charge in [0.2, 0.25) is 5.95 Å². The lowest BCUT2D eigenvalue weighted by Crippen LogP contribution is -2.15. The number of nitrogens with zero attached hydrogens (tertiary/aromatic N) is 3. The van der Waals surface area contributed by atoms with E-state index >= 15 is 0 Å². The molecule has 1 N–H and O–H groups in total. The number of carbonyl (C=O) groups is 1. The van der Waals surface area contributed by atoms with Crippen LogP contribution in [0.5, 0.6) is 5.75 Å². The van der Waals surface area contributed by atoms with Crippen molar-refractivity contribution in [3.8, 4) is 5.75 Å². The molecule has 0 aliphatic carbocycles. The summed E-state index contributed by atoms with van der Waals surface area (Å²) in [4.78, 5) is 16.3. The summed E-state index contributed by atoms with van der Waals surface area (Å²) in [6, 6.07) is 5.40. The molecule has 0 saturated carbocycles. The second-order valence-corrected chi connectivity index (χ2v) is 4.93. The number of aromatic nitrogens is 3. The van der Waals surface area contributed by atoms with E-state index in [1.807, 2.05) is 13.8 Å². The van der Waals surface area contributed by atoms with Gasteiger partial charge in [-0.05, 0) is 24.3 Å². The van der Waals surface area contributed by atoms with E-state index in [0.29, 0.717) is 17.3 Å². The Labute approximate surface area is 126 Å². The molecule has 0 saturated heterocycles. The van der Waals surface area contributed by atoms with E-state index in [4.69, 9.17) is 0 Å². The van der Waals surface area contributed by atoms with Gasteiger partial charge in [-0.15, -0.1) is 0 Å². The molecule has 118 valence electrons. The Bertz CT molecular complexity index is 653. The van der Waals surface area contributed by atoms with Crippen LogP contribution < -0.4 is 10.1 Å². The molecule has 2 aromatic rings. The minimum atomic E-state index is -2.90. The number of amides is 1. The number of benzene rings is 1. The molecule has 0 spiro atoms. The van der Waals surface area contributed by atoms with Gasteiger partial charge in [0.1, 0.15) is 5.75 Å². The SMILES string of the molecule is CC(C)c1nc(NC(=O)c2ccc(OC(F)F)cc2)n(C)n1. The molecule has 1 aromatic carbocycles. The van der Waals surface area contributed by atoms with Gasteiger partial charge in [-0.2, -0.15) is 18.9 Å². The van der Waals surface area contributed by atoms with Crippen LogP contribution in [0.25, 0.3) is 0 Å². The van der Waals surface area contributed by atoms with Crippen LogP contribution >= 0.6 is 0 Å². The van der Waals surface area contributed by atoms with E-state index in [1.165, 1.54) is 28.9 Å². The van der Waals surface area contributed by atoms with E-state index in [2.05, 4.69) is 20.1 Å². The quantitative estimate of drug-likeness (QED) is 0.922. The molecule has 1 aromatic heterocycles. The lowest BCUT2D eigenvalue weighted by Gasteiger charge is -2.06. The fourth-order valence-corrected chi connectivity index (χ4v) is 1.72. The molecule has 0 unspecified atom stereocenters. The minimum Gasteiger partial charge on any atom is -0.435 e. The summed E-state index contributed by atoms with van der Waals surface area (Å²) < 4.78 is 29.8. The molecule has 0 aliphatic rings. The monoisotopic (exact) mass is 310 g/mol. The zero-order valence-electron chi connectivity index (χ0n) is 12.4. The number of hydrogen-bond donors (Lipinski definition) is 1. The molecule has 1 amide bonds. The van der Waals surface area contributed by atoms with E-state index in [0.717, 1.165) is 0 Å². The first kappa shape index (κ1) is 15.9. The summed E-state index contributed by atoms with van der Waals surface area (Å²) in [6.45, 7) is 0.999. The van der Waals surface area contributed by atoms with E-state index in [-0.39, 0.29) is 11.7 Å². The van der Waals surface area contributed by atoms with Crippen LogP contribution in [0.2, 0.25) is 0 Å². The van der Waals surface area contributed by atoms with Crippen molar-refractivity contribution in [2.75, 3.05) is 5.32 Å². The van der Waals surface area contributed by atoms with Gasteiger partial charge >= 0.3 is 6.61 Å². The Hall–Kier alpha value is -2.51. The molecule has 8 heteroatoms. The zero-order chi connectivity index (χ0) is 16.3. The first-order valence-electron chi connectivity index (χ1n) is 6.64. The second kappa shape index (κ2) is 6.50. The summed E-state index contributed by atoms with van der Waals surface area (Å²) in [5.41, 5.74) is 0.302. The standard InChI is InChI=1S/C14H16F2N4O2/c1-8(2)11-17-14(20(3)19-11)18-12(21)9-4-6-10(7-5-9)22-13(15)16/h4-8,13H,1-3H3,(H,17,18,19,21). The highest BCUT2D eigenvalue weighted by atomic mass is 19.3. The van der Waals surface area contributed by atoms with Crippen molar-refractivity contribution < 1.29 is 18.3 Å². The van der Waals surface area contributed by atoms with Gasteiger partial charge in [0.25, 0.3) is 5.91 Å². The van der Waals surface area contributed by atoms with Gasteiger partial charge in [0.15, 0.2) is 5.82 Å². The van der Waals surface area contributed by atoms with Crippen LogP contribution in [0.1, 0.15) is 35.9 Å². The average Bonchev–Trinajstić information content (AvgIpc) is 2.80. The maximum absolute atomic E-state index is 12.1. The fraction of sp³-hybridized carbons (Fsp3) is 0.357. The van der Waals surface area contributed by atoms with Crippen LogP contribution in [-0.2, 0) is 7.05 Å². The van der Waals surface area contributed by atoms with Gasteiger partial charge < -0.3 is 4.74 Å². The Kier molecular flexibility index (Phi) is 4.69. The number of ether oxygens (including phenoxy) is 1. The van der Waals surface area contributed by atoms with Crippen LogP contribution in [-0.4, -0.2) is 27.3 Å². The predicted molar refractivity (Wildman–Crippen MR) is 76.1 cm³/mol. The second-order valence-electron chi connectivity index (χ2n) is 4.93. The zero-order valence-corrected chi connectivity index (χ0v) is 12.4. The topological polar surface area (TPSA) is 69.0 Å². The van der Waals surface area contributed by atoms with E-state index < -0.39 is 12.5 Å². The van der Waals surface area contributed by atoms with Crippen molar-refractivity contribution in [1.82, 2.24) is 14.8 Å². The molecule has 0 aliphatic heterocycles. The maximum Gasteiger partial charge on any atom is 0.387 e. The number of hydrogen-bond acceptors (Lipinski definition) is 4. The number of alkyl halides is 2. The molecule has 22 heavy (non-hydrogen) atoms. The number of anilines is 1. The smallest absolute Gasteiger partial charge is 0.387 e. The molecule has 6 nitrogen and oxygen atoms in total. The van der Waals surface area contributed by atoms with Crippen LogP contribution in [0.3, 0.4) is 0 Å². The normalized spacial score (nSPS) is 11.0. The van der Waals surface area contributed by atoms with Gasteiger partial charge in [0, 0.05) is 18.5 Å². The van der Waals surface area contributed by atoms with Gasteiger partial charge in [-0.3, -0.25) is 10.1 Å². The number of nitrogens with one attached hydrogen (secondary N) is 1. The number of halogens is 2. The minimum absolute atomic E-state index is 0.00713. The Morgan fingerprint density at radius 2 is 1.91 bits per heavy atom. The number of carbonyl (C=O) groups excluding carboxylic acids is 1. The Balaban J connectivity index is 2.09. The van der Waals surface area contributed by atoms with Crippen LogP contribution in [0.4, 0.5) is 14.7 Å². The van der Waals surface area contributed by atoms with Gasteiger partial charge in [-0.1, -0.05) is 13.8 Å². The first-order chi connectivity index (χ1) is 10.4. The maximum atomic E-state index is 12.1. The summed E-state index contributed by atoms with van der Waals surface area (Å²) >= 11 is 0. The lowest BCUT2D eigenvalue weighted by atomic mass is 10.2. The van der Waals surface area contributed by atoms with Gasteiger partial charge in [-0.25, -0.2) is 4.68 Å². The summed E-state index contributed by atoms with van der Waals surface area (Å²) in [6.07, 6.45) is 0. The summed E-state index contributed by atoms with van der Waals surface area (Å²) in [5.74, 6) is 0.671. The molecule has 0 fully saturated rings. The van der Waals surface area contributed by atoms with Crippen molar-refractivity contribution in [3.63, 3.8) is 0 Å². The molecule has 2 rings (SSSR count). The van der Waals surface area contributed by atoms with Gasteiger partial charge in [0.05, 0.1) is 0 Å². The van der Waals surface area contributed by atoms with Crippen LogP contribution in [0, 0.1) is 0 Å². The van der Waals surface area contributed by atoms with E-state index in [9.17, 15) is 13.6 Å². The third-order valence-electron chi connectivity index (χ3n) is 2.86. The van der Waals surface area contributed by atoms with Crippen molar-refractivity contribution >= 4 is 11.9 Å². The molecular weight excluding hydrogens is 294 g/mol. The Morgan fingerprint density at radius 3 is 2.41 bits per heavy atom. The van der Waals surface area contributed by atoms with Crippen molar-refractivity contribution in [3.05, 3.63) is 35.7 Å². The number of aryl methyl sites for hydroxylation is 1. The van der Waals surface area contributed by atoms with Crippen molar-refractivity contribution in [2.24, 2.45) is 7.05 Å². The van der Waals surface area contributed by atoms with Crippen molar-refractivity contribution in [1.29, 1.82) is 0 Å². The first-order valence-corrected chi connectivity index (χ1v) is 6.64. The molecule has 0 radical (unpaired) electrons. The lowest BCUT2D eigenvalue weighted by molar-refractivity contribution is -0.0498. The molecule has 0 atom stereocenters. The highest BCUT2D eigenvalue weighted by Gasteiger charge is 2.14. The highest BCUT2D eigenvalue weighted by Crippen LogP contribution is 2.16. The summed E-state index contributed by atoms with van der Waals surface area (Å²) in [7, 11) is 1.67. The third-order valence-corrected chi connectivity index (χ3v) is 2.86. The molecule has 0 bridgehead atoms. The average molecular weight is 310 g/mol. The van der Waals surface area contributed by atoms with Crippen LogP contribution in [0.15, 0.2) is 24.3 Å².